The first-order valence-corrected chi connectivity index (χ1v) is 10.8. The van der Waals surface area contributed by atoms with Crippen molar-refractivity contribution in [1.82, 2.24) is 15.5 Å². The fourth-order valence-corrected chi connectivity index (χ4v) is 3.40. The van der Waals surface area contributed by atoms with Crippen molar-refractivity contribution < 1.29 is 13.9 Å². The molecule has 7 heteroatoms. The molecule has 1 unspecified atom stereocenters. The maximum absolute atomic E-state index is 14.4. The van der Waals surface area contributed by atoms with Gasteiger partial charge in [-0.3, -0.25) is 9.79 Å². The van der Waals surface area contributed by atoms with Gasteiger partial charge in [0, 0.05) is 32.6 Å². The Morgan fingerprint density at radius 3 is 2.90 bits per heavy atom. The Bertz CT molecular complexity index is 721. The van der Waals surface area contributed by atoms with E-state index >= 15 is 0 Å². The van der Waals surface area contributed by atoms with Crippen LogP contribution >= 0.6 is 0 Å². The molecule has 1 aromatic carbocycles. The monoisotopic (exact) mass is 404 g/mol. The second kappa shape index (κ2) is 10.5. The Kier molecular flexibility index (Phi) is 7.72. The fourth-order valence-electron chi connectivity index (χ4n) is 3.40. The summed E-state index contributed by atoms with van der Waals surface area (Å²) >= 11 is 0. The second-order valence-corrected chi connectivity index (χ2v) is 7.91. The number of likely N-dealkylation sites (tertiary alicyclic amines) is 1. The van der Waals surface area contributed by atoms with Crippen molar-refractivity contribution in [3.05, 3.63) is 29.6 Å². The predicted molar refractivity (Wildman–Crippen MR) is 113 cm³/mol. The van der Waals surface area contributed by atoms with E-state index in [4.69, 9.17) is 4.74 Å². The number of guanidine groups is 1. The van der Waals surface area contributed by atoms with Crippen LogP contribution in [0.25, 0.3) is 0 Å². The van der Waals surface area contributed by atoms with Crippen molar-refractivity contribution >= 4 is 11.9 Å². The lowest BCUT2D eigenvalue weighted by atomic mass is 10.1. The van der Waals surface area contributed by atoms with Gasteiger partial charge in [0.15, 0.2) is 17.5 Å². The molecular formula is C22H33FN4O2. The summed E-state index contributed by atoms with van der Waals surface area (Å²) in [6.45, 7) is 7.59. The average molecular weight is 405 g/mol. The summed E-state index contributed by atoms with van der Waals surface area (Å²) in [5.41, 5.74) is 0.842. The molecule has 2 aliphatic rings. The van der Waals surface area contributed by atoms with Crippen molar-refractivity contribution in [2.75, 3.05) is 32.8 Å². The van der Waals surface area contributed by atoms with E-state index in [1.165, 1.54) is 18.9 Å². The Balaban J connectivity index is 1.50. The standard InChI is InChI=1S/C22H33FN4O2/c1-3-24-22(25-11-5-13-27-12-4-6-21(27)28)26-16(2)18-9-10-20(19(23)14-18)29-15-17-7-8-17/h9-10,14,16-17H,3-8,11-13,15H2,1-2H3,(H2,24,25,26). The zero-order valence-corrected chi connectivity index (χ0v) is 17.5. The maximum Gasteiger partial charge on any atom is 0.222 e. The van der Waals surface area contributed by atoms with Gasteiger partial charge in [-0.1, -0.05) is 6.07 Å². The SMILES string of the molecule is CCNC(=NCCCN1CCCC1=O)NC(C)c1ccc(OCC2CC2)c(F)c1. The minimum absolute atomic E-state index is 0.0973. The van der Waals surface area contributed by atoms with Crippen molar-refractivity contribution in [3.63, 3.8) is 0 Å². The molecular weight excluding hydrogens is 371 g/mol. The van der Waals surface area contributed by atoms with Crippen LogP contribution in [0.4, 0.5) is 4.39 Å². The molecule has 3 rings (SSSR count). The summed E-state index contributed by atoms with van der Waals surface area (Å²) in [6, 6.07) is 5.04. The van der Waals surface area contributed by atoms with E-state index in [0.717, 1.165) is 38.0 Å². The number of halogens is 1. The highest BCUT2D eigenvalue weighted by molar-refractivity contribution is 5.80. The van der Waals surface area contributed by atoms with Crippen LogP contribution in [0.1, 0.15) is 57.6 Å². The Hall–Kier alpha value is -2.31. The minimum atomic E-state index is -0.325. The number of hydrogen-bond donors (Lipinski definition) is 2. The summed E-state index contributed by atoms with van der Waals surface area (Å²) in [7, 11) is 0. The molecule has 1 saturated heterocycles. The van der Waals surface area contributed by atoms with Crippen LogP contribution in [0.5, 0.6) is 5.75 Å². The van der Waals surface area contributed by atoms with Gasteiger partial charge in [0.05, 0.1) is 12.6 Å². The lowest BCUT2D eigenvalue weighted by Gasteiger charge is -2.19. The van der Waals surface area contributed by atoms with Crippen LogP contribution in [0, 0.1) is 11.7 Å². The van der Waals surface area contributed by atoms with Crippen LogP contribution in [-0.2, 0) is 4.79 Å². The molecule has 1 atom stereocenters. The molecule has 1 heterocycles. The minimum Gasteiger partial charge on any atom is -0.490 e. The van der Waals surface area contributed by atoms with Crippen molar-refractivity contribution in [2.45, 2.75) is 52.0 Å². The first-order valence-electron chi connectivity index (χ1n) is 10.8. The normalized spacial score (nSPS) is 18.1. The Morgan fingerprint density at radius 1 is 1.41 bits per heavy atom. The van der Waals surface area contributed by atoms with Gasteiger partial charge in [-0.15, -0.1) is 0 Å². The van der Waals surface area contributed by atoms with Crippen LogP contribution in [0.2, 0.25) is 0 Å². The molecule has 2 N–H and O–H groups in total. The van der Waals surface area contributed by atoms with Gasteiger partial charge < -0.3 is 20.3 Å². The van der Waals surface area contributed by atoms with Gasteiger partial charge in [-0.25, -0.2) is 4.39 Å². The van der Waals surface area contributed by atoms with Gasteiger partial charge in [-0.05, 0) is 63.1 Å². The Labute approximate surface area is 172 Å². The van der Waals surface area contributed by atoms with Crippen molar-refractivity contribution in [2.24, 2.45) is 10.9 Å². The lowest BCUT2D eigenvalue weighted by Crippen LogP contribution is -2.39. The molecule has 1 amide bonds. The van der Waals surface area contributed by atoms with Crippen molar-refractivity contribution in [3.8, 4) is 5.75 Å². The highest BCUT2D eigenvalue weighted by atomic mass is 19.1. The van der Waals surface area contributed by atoms with Gasteiger partial charge in [0.1, 0.15) is 0 Å². The molecule has 0 aromatic heterocycles. The smallest absolute Gasteiger partial charge is 0.222 e. The van der Waals surface area contributed by atoms with E-state index in [0.29, 0.717) is 37.2 Å². The highest BCUT2D eigenvalue weighted by Gasteiger charge is 2.23. The Morgan fingerprint density at radius 2 is 2.24 bits per heavy atom. The third-order valence-corrected chi connectivity index (χ3v) is 5.35. The van der Waals surface area contributed by atoms with Gasteiger partial charge in [0.2, 0.25) is 5.91 Å². The molecule has 0 spiro atoms. The molecule has 1 aromatic rings. The van der Waals surface area contributed by atoms with E-state index in [9.17, 15) is 9.18 Å². The van der Waals surface area contributed by atoms with E-state index < -0.39 is 0 Å². The summed E-state index contributed by atoms with van der Waals surface area (Å²) in [4.78, 5) is 18.2. The summed E-state index contributed by atoms with van der Waals surface area (Å²) in [5, 5.41) is 6.56. The van der Waals surface area contributed by atoms with E-state index in [1.54, 1.807) is 6.07 Å². The number of rotatable bonds is 10. The molecule has 0 bridgehead atoms. The number of nitrogens with one attached hydrogen (secondary N) is 2. The largest absolute Gasteiger partial charge is 0.490 e. The van der Waals surface area contributed by atoms with Gasteiger partial charge >= 0.3 is 0 Å². The zero-order chi connectivity index (χ0) is 20.6. The van der Waals surface area contributed by atoms with E-state index in [1.807, 2.05) is 24.8 Å². The number of carbonyl (C=O) groups is 1. The van der Waals surface area contributed by atoms with Gasteiger partial charge in [-0.2, -0.15) is 0 Å². The first-order chi connectivity index (χ1) is 14.1. The molecule has 29 heavy (non-hydrogen) atoms. The molecule has 1 aliphatic carbocycles. The molecule has 6 nitrogen and oxygen atoms in total. The third kappa shape index (κ3) is 6.61. The number of nitrogens with zero attached hydrogens (tertiary/aromatic N) is 2. The van der Waals surface area contributed by atoms with E-state index in [-0.39, 0.29) is 17.8 Å². The second-order valence-electron chi connectivity index (χ2n) is 7.91. The van der Waals surface area contributed by atoms with Crippen LogP contribution < -0.4 is 15.4 Å². The van der Waals surface area contributed by atoms with Crippen LogP contribution in [-0.4, -0.2) is 49.6 Å². The molecule has 1 saturated carbocycles. The number of aliphatic imine (C=N–C) groups is 1. The molecule has 160 valence electrons. The molecule has 0 radical (unpaired) electrons. The number of ether oxygens (including phenoxy) is 1. The first kappa shape index (κ1) is 21.4. The summed E-state index contributed by atoms with van der Waals surface area (Å²) in [5.74, 6) is 1.54. The average Bonchev–Trinajstić information content (AvgIpc) is 3.44. The third-order valence-electron chi connectivity index (χ3n) is 5.35. The molecule has 1 aliphatic heterocycles. The topological polar surface area (TPSA) is 66.0 Å². The zero-order valence-electron chi connectivity index (χ0n) is 17.5. The lowest BCUT2D eigenvalue weighted by molar-refractivity contribution is -0.127. The maximum atomic E-state index is 14.4. The number of amides is 1. The quantitative estimate of drug-likeness (QED) is 0.357. The molecule has 2 fully saturated rings. The van der Waals surface area contributed by atoms with E-state index in [2.05, 4.69) is 15.6 Å². The summed E-state index contributed by atoms with van der Waals surface area (Å²) in [6.07, 6.45) is 4.83. The van der Waals surface area contributed by atoms with Crippen LogP contribution in [0.15, 0.2) is 23.2 Å². The number of carbonyl (C=O) groups excluding carboxylic acids is 1. The van der Waals surface area contributed by atoms with Crippen molar-refractivity contribution in [1.29, 1.82) is 0 Å². The van der Waals surface area contributed by atoms with Crippen LogP contribution in [0.3, 0.4) is 0 Å². The number of benzene rings is 1. The number of hydrogen-bond acceptors (Lipinski definition) is 3. The van der Waals surface area contributed by atoms with Gasteiger partial charge in [0.25, 0.3) is 0 Å². The summed E-state index contributed by atoms with van der Waals surface area (Å²) < 4.78 is 19.9. The fraction of sp³-hybridized carbons (Fsp3) is 0.636. The highest BCUT2D eigenvalue weighted by Crippen LogP contribution is 2.30. The predicted octanol–water partition coefficient (Wildman–Crippen LogP) is 3.24.